The van der Waals surface area contributed by atoms with E-state index < -0.39 is 15.7 Å². The zero-order valence-electron chi connectivity index (χ0n) is 14.3. The molecule has 8 heteroatoms. The van der Waals surface area contributed by atoms with Crippen molar-refractivity contribution < 1.29 is 13.2 Å². The number of pyridine rings is 1. The Morgan fingerprint density at radius 2 is 1.85 bits per heavy atom. The molecule has 0 fully saturated rings. The topological polar surface area (TPSA) is 89.0 Å². The fraction of sp³-hybridized carbons (Fsp3) is 0.167. The van der Waals surface area contributed by atoms with Gasteiger partial charge in [0.15, 0.2) is 15.0 Å². The summed E-state index contributed by atoms with van der Waals surface area (Å²) in [5, 5.41) is 2.85. The maximum absolute atomic E-state index is 12.8. The first kappa shape index (κ1) is 18.2. The quantitative estimate of drug-likeness (QED) is 0.725. The summed E-state index contributed by atoms with van der Waals surface area (Å²) in [6, 6.07) is 12.3. The fourth-order valence-corrected chi connectivity index (χ4v) is 5.40. The number of hydrogen-bond donors (Lipinski definition) is 1. The number of nitrogens with one attached hydrogen (secondary N) is 1. The minimum atomic E-state index is -3.56. The van der Waals surface area contributed by atoms with E-state index in [0.717, 1.165) is 22.5 Å². The lowest BCUT2D eigenvalue weighted by Gasteiger charge is -2.06. The SMILES string of the molecule is Cc1ccccc1CS(=O)(=O)c1sc(NC(=O)c2ccccn2)nc1C. The smallest absolute Gasteiger partial charge is 0.276 e. The number of carbonyl (C=O) groups is 1. The number of carbonyl (C=O) groups excluding carboxylic acids is 1. The summed E-state index contributed by atoms with van der Waals surface area (Å²) in [6.07, 6.45) is 1.51. The van der Waals surface area contributed by atoms with Crippen LogP contribution in [-0.2, 0) is 15.6 Å². The van der Waals surface area contributed by atoms with Crippen LogP contribution in [-0.4, -0.2) is 24.3 Å². The zero-order valence-corrected chi connectivity index (χ0v) is 15.9. The third kappa shape index (κ3) is 3.97. The van der Waals surface area contributed by atoms with E-state index in [1.807, 2.05) is 25.1 Å². The van der Waals surface area contributed by atoms with Crippen molar-refractivity contribution in [2.75, 3.05) is 5.32 Å². The van der Waals surface area contributed by atoms with E-state index in [-0.39, 0.29) is 20.8 Å². The van der Waals surface area contributed by atoms with Crippen LogP contribution in [0.15, 0.2) is 52.9 Å². The van der Waals surface area contributed by atoms with Crippen molar-refractivity contribution in [2.45, 2.75) is 23.8 Å². The molecule has 2 heterocycles. The minimum absolute atomic E-state index is 0.101. The molecular formula is C18H17N3O3S2. The Morgan fingerprint density at radius 3 is 2.54 bits per heavy atom. The standard InChI is InChI=1S/C18H17N3O3S2/c1-12-7-3-4-8-14(12)11-26(23,24)17-13(2)20-18(25-17)21-16(22)15-9-5-6-10-19-15/h3-10H,11H2,1-2H3,(H,20,21,22). The molecule has 134 valence electrons. The molecular weight excluding hydrogens is 370 g/mol. The number of benzene rings is 1. The van der Waals surface area contributed by atoms with Crippen LogP contribution in [0.25, 0.3) is 0 Å². The average Bonchev–Trinajstić information content (AvgIpc) is 2.99. The second-order valence-corrected chi connectivity index (χ2v) is 8.93. The summed E-state index contributed by atoms with van der Waals surface area (Å²) >= 11 is 0.956. The van der Waals surface area contributed by atoms with Gasteiger partial charge in [-0.15, -0.1) is 0 Å². The van der Waals surface area contributed by atoms with Gasteiger partial charge in [-0.25, -0.2) is 13.4 Å². The molecule has 26 heavy (non-hydrogen) atoms. The van der Waals surface area contributed by atoms with Gasteiger partial charge in [0.1, 0.15) is 9.90 Å². The van der Waals surface area contributed by atoms with E-state index >= 15 is 0 Å². The monoisotopic (exact) mass is 387 g/mol. The van der Waals surface area contributed by atoms with Crippen molar-refractivity contribution in [3.8, 4) is 0 Å². The van der Waals surface area contributed by atoms with Gasteiger partial charge in [0.25, 0.3) is 5.91 Å². The Morgan fingerprint density at radius 1 is 1.12 bits per heavy atom. The molecule has 0 atom stereocenters. The van der Waals surface area contributed by atoms with Crippen molar-refractivity contribution in [1.29, 1.82) is 0 Å². The summed E-state index contributed by atoms with van der Waals surface area (Å²) in [4.78, 5) is 20.3. The average molecular weight is 387 g/mol. The van der Waals surface area contributed by atoms with E-state index in [4.69, 9.17) is 0 Å². The Labute approximate surface area is 155 Å². The number of amides is 1. The fourth-order valence-electron chi connectivity index (χ4n) is 2.42. The lowest BCUT2D eigenvalue weighted by Crippen LogP contribution is -2.13. The van der Waals surface area contributed by atoms with E-state index in [1.54, 1.807) is 31.2 Å². The van der Waals surface area contributed by atoms with Crippen molar-refractivity contribution in [3.05, 3.63) is 71.2 Å². The Hall–Kier alpha value is -2.58. The zero-order chi connectivity index (χ0) is 18.7. The van der Waals surface area contributed by atoms with Gasteiger partial charge in [-0.2, -0.15) is 0 Å². The second kappa shape index (κ2) is 7.35. The molecule has 0 aliphatic heterocycles. The molecule has 0 unspecified atom stereocenters. The molecule has 6 nitrogen and oxygen atoms in total. The van der Waals surface area contributed by atoms with Crippen LogP contribution in [0.2, 0.25) is 0 Å². The van der Waals surface area contributed by atoms with Gasteiger partial charge in [-0.1, -0.05) is 41.7 Å². The molecule has 1 amide bonds. The van der Waals surface area contributed by atoms with Gasteiger partial charge in [0.2, 0.25) is 0 Å². The third-order valence-electron chi connectivity index (χ3n) is 3.76. The second-order valence-electron chi connectivity index (χ2n) is 5.75. The first-order valence-corrected chi connectivity index (χ1v) is 10.3. The highest BCUT2D eigenvalue weighted by Crippen LogP contribution is 2.30. The summed E-state index contributed by atoms with van der Waals surface area (Å²) in [5.41, 5.74) is 2.28. The van der Waals surface area contributed by atoms with Crippen molar-refractivity contribution in [1.82, 2.24) is 9.97 Å². The van der Waals surface area contributed by atoms with Gasteiger partial charge in [0, 0.05) is 6.20 Å². The predicted molar refractivity (Wildman–Crippen MR) is 101 cm³/mol. The predicted octanol–water partition coefficient (Wildman–Crippen LogP) is 3.38. The lowest BCUT2D eigenvalue weighted by atomic mass is 10.1. The van der Waals surface area contributed by atoms with Gasteiger partial charge in [-0.05, 0) is 37.1 Å². The number of anilines is 1. The van der Waals surface area contributed by atoms with Crippen LogP contribution in [0.1, 0.15) is 27.3 Å². The Bertz CT molecular complexity index is 1040. The number of sulfone groups is 1. The number of aromatic nitrogens is 2. The molecule has 1 aromatic carbocycles. The Balaban J connectivity index is 1.83. The lowest BCUT2D eigenvalue weighted by molar-refractivity contribution is 0.102. The number of aryl methyl sites for hydroxylation is 2. The molecule has 0 saturated carbocycles. The van der Waals surface area contributed by atoms with E-state index in [0.29, 0.717) is 5.69 Å². The molecule has 2 aromatic heterocycles. The maximum atomic E-state index is 12.8. The van der Waals surface area contributed by atoms with Gasteiger partial charge in [-0.3, -0.25) is 15.1 Å². The molecule has 3 aromatic rings. The number of rotatable bonds is 5. The third-order valence-corrected chi connectivity index (χ3v) is 7.19. The van der Waals surface area contributed by atoms with E-state index in [9.17, 15) is 13.2 Å². The minimum Gasteiger partial charge on any atom is -0.296 e. The maximum Gasteiger partial charge on any atom is 0.276 e. The summed E-state index contributed by atoms with van der Waals surface area (Å²) in [5.74, 6) is -0.529. The van der Waals surface area contributed by atoms with E-state index in [2.05, 4.69) is 15.3 Å². The molecule has 0 saturated heterocycles. The molecule has 0 bridgehead atoms. The van der Waals surface area contributed by atoms with Gasteiger partial charge in [0.05, 0.1) is 11.4 Å². The molecule has 0 radical (unpaired) electrons. The van der Waals surface area contributed by atoms with Crippen LogP contribution in [0.3, 0.4) is 0 Å². The largest absolute Gasteiger partial charge is 0.296 e. The first-order chi connectivity index (χ1) is 12.4. The highest BCUT2D eigenvalue weighted by molar-refractivity contribution is 7.92. The van der Waals surface area contributed by atoms with Crippen molar-refractivity contribution in [2.24, 2.45) is 0 Å². The number of nitrogens with zero attached hydrogens (tertiary/aromatic N) is 2. The van der Waals surface area contributed by atoms with E-state index in [1.165, 1.54) is 6.20 Å². The summed E-state index contributed by atoms with van der Waals surface area (Å²) in [6.45, 7) is 3.50. The number of thiazole rings is 1. The summed E-state index contributed by atoms with van der Waals surface area (Å²) < 4.78 is 25.7. The molecule has 0 spiro atoms. The summed E-state index contributed by atoms with van der Waals surface area (Å²) in [7, 11) is -3.56. The highest BCUT2D eigenvalue weighted by Gasteiger charge is 2.24. The Kier molecular flexibility index (Phi) is 5.15. The highest BCUT2D eigenvalue weighted by atomic mass is 32.2. The van der Waals surface area contributed by atoms with Crippen LogP contribution in [0.5, 0.6) is 0 Å². The van der Waals surface area contributed by atoms with Gasteiger partial charge < -0.3 is 0 Å². The van der Waals surface area contributed by atoms with Crippen LogP contribution >= 0.6 is 11.3 Å². The van der Waals surface area contributed by atoms with Crippen molar-refractivity contribution in [3.63, 3.8) is 0 Å². The van der Waals surface area contributed by atoms with Crippen LogP contribution < -0.4 is 5.32 Å². The molecule has 0 aliphatic rings. The normalized spacial score (nSPS) is 11.3. The van der Waals surface area contributed by atoms with Crippen LogP contribution in [0.4, 0.5) is 5.13 Å². The van der Waals surface area contributed by atoms with Crippen molar-refractivity contribution >= 4 is 32.2 Å². The molecule has 1 N–H and O–H groups in total. The van der Waals surface area contributed by atoms with Crippen LogP contribution in [0, 0.1) is 13.8 Å². The first-order valence-electron chi connectivity index (χ1n) is 7.84. The van der Waals surface area contributed by atoms with Gasteiger partial charge >= 0.3 is 0 Å². The molecule has 3 rings (SSSR count). The number of hydrogen-bond acceptors (Lipinski definition) is 6. The molecule has 0 aliphatic carbocycles.